The lowest BCUT2D eigenvalue weighted by Gasteiger charge is -2.20. The van der Waals surface area contributed by atoms with Gasteiger partial charge in [-0.25, -0.2) is 4.98 Å². The van der Waals surface area contributed by atoms with Crippen molar-refractivity contribution in [1.82, 2.24) is 9.88 Å². The minimum absolute atomic E-state index is 0.162. The summed E-state index contributed by atoms with van der Waals surface area (Å²) in [7, 11) is 0. The summed E-state index contributed by atoms with van der Waals surface area (Å²) in [4.78, 5) is 19.0. The molecule has 0 aliphatic carbocycles. The average Bonchev–Trinajstić information content (AvgIpc) is 2.63. The smallest absolute Gasteiger partial charge is 0.253 e. The highest BCUT2D eigenvalue weighted by atomic mass is 32.1. The summed E-state index contributed by atoms with van der Waals surface area (Å²) in [5.74, 6) is 0.162. The maximum absolute atomic E-state index is 12.5. The van der Waals surface area contributed by atoms with Crippen LogP contribution in [0.25, 0.3) is 10.2 Å². The fourth-order valence-corrected chi connectivity index (χ4v) is 3.44. The van der Waals surface area contributed by atoms with E-state index in [1.54, 1.807) is 11.3 Å². The Hall–Kier alpha value is -1.42. The van der Waals surface area contributed by atoms with Crippen LogP contribution in [-0.4, -0.2) is 28.9 Å². The van der Waals surface area contributed by atoms with E-state index >= 15 is 0 Å². The van der Waals surface area contributed by atoms with Gasteiger partial charge < -0.3 is 4.90 Å². The molecule has 3 rings (SSSR count). The van der Waals surface area contributed by atoms with Gasteiger partial charge in [0.2, 0.25) is 0 Å². The van der Waals surface area contributed by atoms with Gasteiger partial charge in [-0.1, -0.05) is 12.8 Å². The summed E-state index contributed by atoms with van der Waals surface area (Å²) in [6.07, 6.45) is 4.75. The van der Waals surface area contributed by atoms with Gasteiger partial charge in [-0.3, -0.25) is 4.79 Å². The van der Waals surface area contributed by atoms with Gasteiger partial charge >= 0.3 is 0 Å². The van der Waals surface area contributed by atoms with E-state index in [9.17, 15) is 4.79 Å². The van der Waals surface area contributed by atoms with Gasteiger partial charge in [0.15, 0.2) is 0 Å². The third-order valence-corrected chi connectivity index (χ3v) is 4.59. The highest BCUT2D eigenvalue weighted by molar-refractivity contribution is 7.18. The van der Waals surface area contributed by atoms with Crippen molar-refractivity contribution < 1.29 is 4.79 Å². The molecule has 100 valence electrons. The molecule has 1 aromatic heterocycles. The third kappa shape index (κ3) is 2.63. The van der Waals surface area contributed by atoms with Crippen LogP contribution >= 0.6 is 11.3 Å². The number of nitrogens with zero attached hydrogens (tertiary/aromatic N) is 2. The van der Waals surface area contributed by atoms with Crippen molar-refractivity contribution >= 4 is 27.5 Å². The Balaban J connectivity index is 1.87. The number of fused-ring (bicyclic) bond motifs is 1. The van der Waals surface area contributed by atoms with Crippen LogP contribution < -0.4 is 0 Å². The summed E-state index contributed by atoms with van der Waals surface area (Å²) in [5.41, 5.74) is 1.72. The lowest BCUT2D eigenvalue weighted by Crippen LogP contribution is -2.31. The lowest BCUT2D eigenvalue weighted by atomic mass is 10.2. The minimum Gasteiger partial charge on any atom is -0.339 e. The van der Waals surface area contributed by atoms with E-state index in [2.05, 4.69) is 4.98 Å². The Morgan fingerprint density at radius 2 is 1.95 bits per heavy atom. The molecule has 4 heteroatoms. The van der Waals surface area contributed by atoms with Crippen LogP contribution in [0, 0.1) is 6.92 Å². The van der Waals surface area contributed by atoms with Crippen molar-refractivity contribution in [2.45, 2.75) is 32.6 Å². The number of aromatic nitrogens is 1. The molecule has 1 amide bonds. The van der Waals surface area contributed by atoms with E-state index in [0.29, 0.717) is 0 Å². The van der Waals surface area contributed by atoms with Crippen molar-refractivity contribution in [1.29, 1.82) is 0 Å². The minimum atomic E-state index is 0.162. The Labute approximate surface area is 117 Å². The van der Waals surface area contributed by atoms with Gasteiger partial charge in [0.25, 0.3) is 5.91 Å². The van der Waals surface area contributed by atoms with Crippen LogP contribution in [-0.2, 0) is 0 Å². The van der Waals surface area contributed by atoms with Crippen molar-refractivity contribution in [2.24, 2.45) is 0 Å². The van der Waals surface area contributed by atoms with Gasteiger partial charge in [-0.2, -0.15) is 0 Å². The molecule has 2 heterocycles. The zero-order valence-electron chi connectivity index (χ0n) is 11.2. The normalized spacial score (nSPS) is 16.6. The molecule has 0 atom stereocenters. The number of rotatable bonds is 1. The van der Waals surface area contributed by atoms with Crippen molar-refractivity contribution in [3.05, 3.63) is 28.8 Å². The number of carbonyl (C=O) groups is 1. The molecule has 0 radical (unpaired) electrons. The van der Waals surface area contributed by atoms with Crippen molar-refractivity contribution in [3.8, 4) is 0 Å². The van der Waals surface area contributed by atoms with Crippen molar-refractivity contribution in [2.75, 3.05) is 13.1 Å². The van der Waals surface area contributed by atoms with Gasteiger partial charge in [0.1, 0.15) is 0 Å². The molecule has 1 aliphatic heterocycles. The zero-order chi connectivity index (χ0) is 13.2. The molecule has 0 N–H and O–H groups in total. The molecule has 1 aliphatic rings. The van der Waals surface area contributed by atoms with Crippen LogP contribution in [0.4, 0.5) is 0 Å². The van der Waals surface area contributed by atoms with E-state index < -0.39 is 0 Å². The number of likely N-dealkylation sites (tertiary alicyclic amines) is 1. The van der Waals surface area contributed by atoms with Gasteiger partial charge in [-0.15, -0.1) is 11.3 Å². The second-order valence-electron chi connectivity index (χ2n) is 5.12. The first-order valence-electron chi connectivity index (χ1n) is 6.90. The molecule has 19 heavy (non-hydrogen) atoms. The zero-order valence-corrected chi connectivity index (χ0v) is 12.0. The maximum Gasteiger partial charge on any atom is 0.253 e. The van der Waals surface area contributed by atoms with Crippen LogP contribution in [0.2, 0.25) is 0 Å². The number of thiazole rings is 1. The predicted molar refractivity (Wildman–Crippen MR) is 78.7 cm³/mol. The molecular weight excluding hydrogens is 256 g/mol. The third-order valence-electron chi connectivity index (χ3n) is 3.63. The number of aryl methyl sites for hydroxylation is 1. The molecular formula is C15H18N2OS. The fourth-order valence-electron chi connectivity index (χ4n) is 2.63. The summed E-state index contributed by atoms with van der Waals surface area (Å²) in [6, 6.07) is 5.89. The SMILES string of the molecule is Cc1nc2cc(C(=O)N3CCCCCC3)ccc2s1. The number of benzene rings is 1. The Bertz CT molecular complexity index is 597. The first-order valence-corrected chi connectivity index (χ1v) is 7.72. The van der Waals surface area contributed by atoms with E-state index in [-0.39, 0.29) is 5.91 Å². The van der Waals surface area contributed by atoms with Crippen LogP contribution in [0.5, 0.6) is 0 Å². The van der Waals surface area contributed by atoms with Crippen LogP contribution in [0.15, 0.2) is 18.2 Å². The molecule has 0 spiro atoms. The monoisotopic (exact) mass is 274 g/mol. The second kappa shape index (κ2) is 5.29. The number of carbonyl (C=O) groups excluding carboxylic acids is 1. The number of hydrogen-bond acceptors (Lipinski definition) is 3. The fraction of sp³-hybridized carbons (Fsp3) is 0.467. The maximum atomic E-state index is 12.5. The number of amides is 1. The molecule has 2 aromatic rings. The lowest BCUT2D eigenvalue weighted by molar-refractivity contribution is 0.0762. The summed E-state index contributed by atoms with van der Waals surface area (Å²) in [5, 5.41) is 1.05. The predicted octanol–water partition coefficient (Wildman–Crippen LogP) is 3.62. The van der Waals surface area contributed by atoms with E-state index in [1.807, 2.05) is 30.0 Å². The Morgan fingerprint density at radius 3 is 2.68 bits per heavy atom. The van der Waals surface area contributed by atoms with E-state index in [4.69, 9.17) is 0 Å². The summed E-state index contributed by atoms with van der Waals surface area (Å²) < 4.78 is 1.16. The first-order chi connectivity index (χ1) is 9.24. The largest absolute Gasteiger partial charge is 0.339 e. The summed E-state index contributed by atoms with van der Waals surface area (Å²) >= 11 is 1.68. The highest BCUT2D eigenvalue weighted by Crippen LogP contribution is 2.23. The first kappa shape index (κ1) is 12.6. The summed E-state index contributed by atoms with van der Waals surface area (Å²) in [6.45, 7) is 3.79. The van der Waals surface area contributed by atoms with Gasteiger partial charge in [0.05, 0.1) is 15.2 Å². The quantitative estimate of drug-likeness (QED) is 0.795. The van der Waals surface area contributed by atoms with Crippen molar-refractivity contribution in [3.63, 3.8) is 0 Å². The molecule has 0 bridgehead atoms. The highest BCUT2D eigenvalue weighted by Gasteiger charge is 2.17. The molecule has 1 saturated heterocycles. The molecule has 1 fully saturated rings. The van der Waals surface area contributed by atoms with Crippen LogP contribution in [0.3, 0.4) is 0 Å². The second-order valence-corrected chi connectivity index (χ2v) is 6.36. The van der Waals surface area contributed by atoms with Crippen LogP contribution in [0.1, 0.15) is 41.0 Å². The van der Waals surface area contributed by atoms with E-state index in [1.165, 1.54) is 12.8 Å². The van der Waals surface area contributed by atoms with Gasteiger partial charge in [0, 0.05) is 18.7 Å². The Kier molecular flexibility index (Phi) is 3.51. The number of hydrogen-bond donors (Lipinski definition) is 0. The standard InChI is InChI=1S/C15H18N2OS/c1-11-16-13-10-12(6-7-14(13)19-11)15(18)17-8-4-2-3-5-9-17/h6-7,10H,2-5,8-9H2,1H3. The molecule has 1 aromatic carbocycles. The topological polar surface area (TPSA) is 33.2 Å². The van der Waals surface area contributed by atoms with E-state index in [0.717, 1.165) is 46.7 Å². The molecule has 0 unspecified atom stereocenters. The van der Waals surface area contributed by atoms with Gasteiger partial charge in [-0.05, 0) is 38.0 Å². The molecule has 3 nitrogen and oxygen atoms in total. The average molecular weight is 274 g/mol. The molecule has 0 saturated carbocycles. The Morgan fingerprint density at radius 1 is 1.21 bits per heavy atom.